The minimum atomic E-state index is -3.56. The van der Waals surface area contributed by atoms with Crippen LogP contribution in [-0.2, 0) is 10.0 Å². The molecule has 1 aliphatic carbocycles. The van der Waals surface area contributed by atoms with Gasteiger partial charge in [0.1, 0.15) is 5.75 Å². The van der Waals surface area contributed by atoms with Gasteiger partial charge in [-0.25, -0.2) is 13.1 Å². The summed E-state index contributed by atoms with van der Waals surface area (Å²) in [5.41, 5.74) is 3.13. The van der Waals surface area contributed by atoms with E-state index in [1.165, 1.54) is 6.08 Å². The van der Waals surface area contributed by atoms with E-state index in [1.54, 1.807) is 12.1 Å². The van der Waals surface area contributed by atoms with Gasteiger partial charge in [-0.1, -0.05) is 36.4 Å². The zero-order chi connectivity index (χ0) is 20.4. The highest BCUT2D eigenvalue weighted by Gasteiger charge is 2.39. The first-order valence-corrected chi connectivity index (χ1v) is 11.4. The third-order valence-corrected chi connectivity index (χ3v) is 7.04. The molecule has 0 amide bonds. The molecule has 0 bridgehead atoms. The van der Waals surface area contributed by atoms with E-state index in [0.29, 0.717) is 12.5 Å². The van der Waals surface area contributed by atoms with Gasteiger partial charge in [-0.2, -0.15) is 0 Å². The number of anilines is 1. The van der Waals surface area contributed by atoms with E-state index in [9.17, 15) is 8.42 Å². The van der Waals surface area contributed by atoms with Crippen LogP contribution in [0, 0.1) is 5.92 Å². The Morgan fingerprint density at radius 3 is 2.86 bits per heavy atom. The molecule has 0 radical (unpaired) electrons. The molecule has 1 aliphatic heterocycles. The molecule has 0 fully saturated rings. The lowest BCUT2D eigenvalue weighted by atomic mass is 9.77. The van der Waals surface area contributed by atoms with E-state index in [-0.39, 0.29) is 23.4 Å². The van der Waals surface area contributed by atoms with Crippen molar-refractivity contribution in [2.75, 3.05) is 18.5 Å². The number of para-hydroxylation sites is 1. The molecule has 152 valence electrons. The molecule has 5 nitrogen and oxygen atoms in total. The quantitative estimate of drug-likeness (QED) is 0.665. The van der Waals surface area contributed by atoms with E-state index >= 15 is 0 Å². The number of hydrogen-bond donors (Lipinski definition) is 2. The van der Waals surface area contributed by atoms with Gasteiger partial charge in [0.05, 0.1) is 17.5 Å². The van der Waals surface area contributed by atoms with Crippen LogP contribution in [0.15, 0.2) is 72.2 Å². The molecule has 3 atom stereocenters. The summed E-state index contributed by atoms with van der Waals surface area (Å²) in [7, 11) is -3.56. The third-order valence-electron chi connectivity index (χ3n) is 5.62. The van der Waals surface area contributed by atoms with Crippen molar-refractivity contribution in [3.63, 3.8) is 0 Å². The summed E-state index contributed by atoms with van der Waals surface area (Å²) in [5, 5.41) is 3.65. The minimum Gasteiger partial charge on any atom is -0.494 e. The van der Waals surface area contributed by atoms with Crippen molar-refractivity contribution in [1.29, 1.82) is 0 Å². The Labute approximate surface area is 172 Å². The van der Waals surface area contributed by atoms with Crippen LogP contribution in [0.1, 0.15) is 36.4 Å². The van der Waals surface area contributed by atoms with Crippen LogP contribution in [0.25, 0.3) is 0 Å². The Kier molecular flexibility index (Phi) is 5.48. The van der Waals surface area contributed by atoms with Crippen LogP contribution < -0.4 is 14.8 Å². The van der Waals surface area contributed by atoms with Crippen molar-refractivity contribution in [1.82, 2.24) is 4.72 Å². The molecule has 3 unspecified atom stereocenters. The molecule has 6 heteroatoms. The van der Waals surface area contributed by atoms with Gasteiger partial charge in [-0.15, -0.1) is 6.58 Å². The minimum absolute atomic E-state index is 0.103. The van der Waals surface area contributed by atoms with Gasteiger partial charge < -0.3 is 10.1 Å². The highest BCUT2D eigenvalue weighted by molar-refractivity contribution is 7.89. The van der Waals surface area contributed by atoms with Crippen molar-refractivity contribution in [3.05, 3.63) is 78.4 Å². The molecule has 1 heterocycles. The van der Waals surface area contributed by atoms with Gasteiger partial charge in [0.2, 0.25) is 10.0 Å². The van der Waals surface area contributed by atoms with Crippen LogP contribution >= 0.6 is 0 Å². The Bertz CT molecular complexity index is 1050. The van der Waals surface area contributed by atoms with Crippen LogP contribution in [0.3, 0.4) is 0 Å². The van der Waals surface area contributed by atoms with Crippen molar-refractivity contribution in [2.45, 2.75) is 30.2 Å². The van der Waals surface area contributed by atoms with E-state index in [0.717, 1.165) is 29.0 Å². The monoisotopic (exact) mass is 410 g/mol. The van der Waals surface area contributed by atoms with Crippen LogP contribution in [-0.4, -0.2) is 21.6 Å². The van der Waals surface area contributed by atoms with Gasteiger partial charge in [-0.05, 0) is 49.1 Å². The van der Waals surface area contributed by atoms with Gasteiger partial charge in [-0.3, -0.25) is 0 Å². The fourth-order valence-electron chi connectivity index (χ4n) is 4.32. The number of allylic oxidation sites excluding steroid dienone is 2. The highest BCUT2D eigenvalue weighted by atomic mass is 32.2. The number of rotatable bonds is 7. The Morgan fingerprint density at radius 1 is 1.24 bits per heavy atom. The zero-order valence-electron chi connectivity index (χ0n) is 16.5. The summed E-state index contributed by atoms with van der Waals surface area (Å²) < 4.78 is 33.5. The maximum Gasteiger partial charge on any atom is 0.240 e. The zero-order valence-corrected chi connectivity index (χ0v) is 17.3. The smallest absolute Gasteiger partial charge is 0.240 e. The predicted octanol–water partition coefficient (Wildman–Crippen LogP) is 4.38. The lowest BCUT2D eigenvalue weighted by Crippen LogP contribution is -2.30. The maximum absolute atomic E-state index is 12.6. The Hall–Kier alpha value is -2.57. The predicted molar refractivity (Wildman–Crippen MR) is 116 cm³/mol. The Morgan fingerprint density at radius 2 is 2.07 bits per heavy atom. The van der Waals surface area contributed by atoms with E-state index in [2.05, 4.69) is 34.8 Å². The van der Waals surface area contributed by atoms with Crippen LogP contribution in [0.2, 0.25) is 0 Å². The number of hydrogen-bond acceptors (Lipinski definition) is 4. The maximum atomic E-state index is 12.6. The molecule has 4 rings (SSSR count). The molecule has 2 aliphatic rings. The van der Waals surface area contributed by atoms with E-state index < -0.39 is 10.0 Å². The first-order chi connectivity index (χ1) is 14.0. The number of benzene rings is 2. The van der Waals surface area contributed by atoms with Crippen LogP contribution in [0.4, 0.5) is 5.69 Å². The van der Waals surface area contributed by atoms with Gasteiger partial charge in [0, 0.05) is 23.7 Å². The number of sulfonamides is 1. The van der Waals surface area contributed by atoms with Crippen molar-refractivity contribution < 1.29 is 13.2 Å². The number of nitrogens with one attached hydrogen (secondary N) is 2. The molecule has 29 heavy (non-hydrogen) atoms. The number of fused-ring (bicyclic) bond motifs is 3. The lowest BCUT2D eigenvalue weighted by Gasteiger charge is -2.38. The molecule has 0 saturated heterocycles. The SMILES string of the molecule is C=CCNS(=O)(=O)c1ccc2c(c1)C1C=CCC1C(c1ccccc1OCC)N2. The number of ether oxygens (including phenoxy) is 1. The fourth-order valence-corrected chi connectivity index (χ4v) is 5.36. The van der Waals surface area contributed by atoms with Crippen LogP contribution in [0.5, 0.6) is 5.75 Å². The molecular formula is C23H26N2O3S. The fraction of sp³-hybridized carbons (Fsp3) is 0.304. The second-order valence-corrected chi connectivity index (χ2v) is 9.10. The normalized spacial score (nSPS) is 22.4. The first-order valence-electron chi connectivity index (χ1n) is 9.94. The Balaban J connectivity index is 1.73. The second-order valence-electron chi connectivity index (χ2n) is 7.34. The highest BCUT2D eigenvalue weighted by Crippen LogP contribution is 2.51. The van der Waals surface area contributed by atoms with Gasteiger partial charge >= 0.3 is 0 Å². The summed E-state index contributed by atoms with van der Waals surface area (Å²) in [5.74, 6) is 1.37. The topological polar surface area (TPSA) is 67.4 Å². The lowest BCUT2D eigenvalue weighted by molar-refractivity contribution is 0.326. The molecule has 0 saturated carbocycles. The molecule has 2 aromatic rings. The molecule has 0 spiro atoms. The van der Waals surface area contributed by atoms with Gasteiger partial charge in [0.25, 0.3) is 0 Å². The molecular weight excluding hydrogens is 384 g/mol. The average molecular weight is 411 g/mol. The third kappa shape index (κ3) is 3.70. The average Bonchev–Trinajstić information content (AvgIpc) is 3.22. The summed E-state index contributed by atoms with van der Waals surface area (Å²) in [6.07, 6.45) is 6.87. The summed E-state index contributed by atoms with van der Waals surface area (Å²) >= 11 is 0. The van der Waals surface area contributed by atoms with Gasteiger partial charge in [0.15, 0.2) is 0 Å². The summed E-state index contributed by atoms with van der Waals surface area (Å²) in [6.45, 7) is 6.39. The second kappa shape index (κ2) is 8.05. The molecule has 0 aromatic heterocycles. The first kappa shape index (κ1) is 19.7. The largest absolute Gasteiger partial charge is 0.494 e. The summed E-state index contributed by atoms with van der Waals surface area (Å²) in [4.78, 5) is 0.284. The summed E-state index contributed by atoms with van der Waals surface area (Å²) in [6, 6.07) is 13.6. The molecule has 2 N–H and O–H groups in total. The molecule has 2 aromatic carbocycles. The van der Waals surface area contributed by atoms with Crippen molar-refractivity contribution >= 4 is 15.7 Å². The van der Waals surface area contributed by atoms with E-state index in [4.69, 9.17) is 4.74 Å². The van der Waals surface area contributed by atoms with E-state index in [1.807, 2.05) is 31.2 Å². The van der Waals surface area contributed by atoms with Crippen molar-refractivity contribution in [3.8, 4) is 5.75 Å². The van der Waals surface area contributed by atoms with Crippen molar-refractivity contribution in [2.24, 2.45) is 5.92 Å². The standard InChI is InChI=1S/C23H26N2O3S/c1-3-14-24-29(26,27)16-12-13-21-20(15-16)17-9-7-10-18(17)23(25-21)19-8-5-6-11-22(19)28-4-2/h3,5-9,11-13,15,17-18,23-25H,1,4,10,14H2,2H3.